The number of fused-ring (bicyclic) bond motifs is 1. The SMILES string of the molecule is CCC[C@H](NC(=O)OC1CCOC1)c1c(-c2ccccc2)ccc(S(=O)(=O)N(CC(C)C)C2c3ccccc3CC2O)c1Cc1ccccc1. The van der Waals surface area contributed by atoms with Gasteiger partial charge in [0.25, 0.3) is 0 Å². The van der Waals surface area contributed by atoms with Gasteiger partial charge in [0.2, 0.25) is 10.0 Å². The van der Waals surface area contributed by atoms with Crippen molar-refractivity contribution < 1.29 is 27.8 Å². The first kappa shape index (κ1) is 35.8. The summed E-state index contributed by atoms with van der Waals surface area (Å²) in [6.07, 6.45) is 0.871. The van der Waals surface area contributed by atoms with Crippen molar-refractivity contribution in [1.82, 2.24) is 9.62 Å². The Bertz CT molecular complexity index is 1860. The highest BCUT2D eigenvalue weighted by Crippen LogP contribution is 2.43. The number of carbonyl (C=O) groups excluding carboxylic acids is 1. The number of alkyl carbamates (subject to hydrolysis) is 1. The van der Waals surface area contributed by atoms with E-state index in [0.717, 1.165) is 39.8 Å². The third-order valence-corrected chi connectivity index (χ3v) is 11.5. The molecule has 3 unspecified atom stereocenters. The molecular weight excluding hydrogens is 649 g/mol. The van der Waals surface area contributed by atoms with E-state index in [9.17, 15) is 9.90 Å². The van der Waals surface area contributed by atoms with Crippen LogP contribution in [0.15, 0.2) is 102 Å². The summed E-state index contributed by atoms with van der Waals surface area (Å²) in [5, 5.41) is 14.6. The number of benzene rings is 4. The highest BCUT2D eigenvalue weighted by atomic mass is 32.2. The minimum absolute atomic E-state index is 0.00535. The van der Waals surface area contributed by atoms with Crippen LogP contribution in [-0.2, 0) is 32.3 Å². The van der Waals surface area contributed by atoms with Crippen molar-refractivity contribution in [2.45, 2.75) is 82.1 Å². The fourth-order valence-electron chi connectivity index (χ4n) is 7.39. The summed E-state index contributed by atoms with van der Waals surface area (Å²) in [4.78, 5) is 13.6. The van der Waals surface area contributed by atoms with Crippen LogP contribution in [0, 0.1) is 5.92 Å². The largest absolute Gasteiger partial charge is 0.444 e. The lowest BCUT2D eigenvalue weighted by molar-refractivity contribution is 0.0804. The summed E-state index contributed by atoms with van der Waals surface area (Å²) in [7, 11) is -4.21. The maximum Gasteiger partial charge on any atom is 0.407 e. The molecule has 4 aromatic carbocycles. The Balaban J connectivity index is 1.56. The fourth-order valence-corrected chi connectivity index (χ4v) is 9.43. The van der Waals surface area contributed by atoms with Gasteiger partial charge in [-0.1, -0.05) is 118 Å². The molecule has 50 heavy (non-hydrogen) atoms. The molecule has 6 rings (SSSR count). The normalized spacial score (nSPS) is 19.4. The molecule has 2 aliphatic rings. The molecule has 4 atom stereocenters. The van der Waals surface area contributed by atoms with Gasteiger partial charge in [0.05, 0.1) is 36.3 Å². The third-order valence-electron chi connectivity index (χ3n) is 9.61. The maximum atomic E-state index is 15.3. The van der Waals surface area contributed by atoms with Gasteiger partial charge >= 0.3 is 6.09 Å². The second kappa shape index (κ2) is 15.9. The van der Waals surface area contributed by atoms with E-state index in [0.29, 0.717) is 44.5 Å². The molecule has 0 aromatic heterocycles. The molecule has 1 heterocycles. The minimum Gasteiger partial charge on any atom is -0.444 e. The Morgan fingerprint density at radius 2 is 1.68 bits per heavy atom. The predicted octanol–water partition coefficient (Wildman–Crippen LogP) is 7.61. The minimum atomic E-state index is -4.21. The highest BCUT2D eigenvalue weighted by Gasteiger charge is 2.43. The zero-order chi connectivity index (χ0) is 35.3. The van der Waals surface area contributed by atoms with Crippen LogP contribution in [0.3, 0.4) is 0 Å². The maximum absolute atomic E-state index is 15.3. The van der Waals surface area contributed by atoms with E-state index in [-0.39, 0.29) is 23.5 Å². The van der Waals surface area contributed by atoms with Crippen LogP contribution >= 0.6 is 0 Å². The number of aliphatic hydroxyl groups excluding tert-OH is 1. The molecule has 0 spiro atoms. The first-order chi connectivity index (χ1) is 24.2. The number of nitrogens with one attached hydrogen (secondary N) is 1. The average molecular weight is 697 g/mol. The van der Waals surface area contributed by atoms with Crippen molar-refractivity contribution in [2.24, 2.45) is 5.92 Å². The van der Waals surface area contributed by atoms with Crippen molar-refractivity contribution in [1.29, 1.82) is 0 Å². The Morgan fingerprint density at radius 1 is 0.980 bits per heavy atom. The quantitative estimate of drug-likeness (QED) is 0.149. The van der Waals surface area contributed by atoms with Gasteiger partial charge in [-0.15, -0.1) is 0 Å². The Labute approximate surface area is 296 Å². The number of hydrogen-bond donors (Lipinski definition) is 2. The molecule has 1 saturated heterocycles. The molecule has 0 saturated carbocycles. The molecule has 264 valence electrons. The van der Waals surface area contributed by atoms with Gasteiger partial charge in [0.15, 0.2) is 0 Å². The van der Waals surface area contributed by atoms with E-state index in [2.05, 4.69) is 5.32 Å². The van der Waals surface area contributed by atoms with Gasteiger partial charge in [-0.25, -0.2) is 13.2 Å². The van der Waals surface area contributed by atoms with Gasteiger partial charge in [-0.2, -0.15) is 4.31 Å². The van der Waals surface area contributed by atoms with Gasteiger partial charge < -0.3 is 19.9 Å². The first-order valence-electron chi connectivity index (χ1n) is 17.7. The van der Waals surface area contributed by atoms with Gasteiger partial charge in [0, 0.05) is 19.4 Å². The van der Waals surface area contributed by atoms with E-state index >= 15 is 8.42 Å². The van der Waals surface area contributed by atoms with Crippen LogP contribution in [0.4, 0.5) is 4.79 Å². The molecule has 2 N–H and O–H groups in total. The number of carbonyl (C=O) groups is 1. The third kappa shape index (κ3) is 7.81. The first-order valence-corrected chi connectivity index (χ1v) is 19.2. The molecule has 1 aliphatic heterocycles. The molecule has 8 nitrogen and oxygen atoms in total. The van der Waals surface area contributed by atoms with E-state index in [1.807, 2.05) is 112 Å². The van der Waals surface area contributed by atoms with Gasteiger partial charge in [0.1, 0.15) is 6.10 Å². The van der Waals surface area contributed by atoms with E-state index in [1.165, 1.54) is 4.31 Å². The summed E-state index contributed by atoms with van der Waals surface area (Å²) in [6, 6.07) is 29.7. The lowest BCUT2D eigenvalue weighted by Crippen LogP contribution is -2.41. The summed E-state index contributed by atoms with van der Waals surface area (Å²) in [5.74, 6) is -0.00535. The number of amides is 1. The molecular formula is C41H48N2O6S. The van der Waals surface area contributed by atoms with E-state index in [1.54, 1.807) is 6.07 Å². The van der Waals surface area contributed by atoms with E-state index < -0.39 is 34.3 Å². The Kier molecular flexibility index (Phi) is 11.4. The number of rotatable bonds is 13. The molecule has 9 heteroatoms. The second-order valence-electron chi connectivity index (χ2n) is 13.8. The molecule has 4 aromatic rings. The standard InChI is InChI=1S/C41H48N2O6S/c1-4-13-36(42-41(45)49-32-22-23-48-27-32)39-33(30-16-9-6-10-17-30)20-21-38(35(39)24-29-14-7-5-8-15-29)50(46,47)43(26-28(2)3)40-34-19-12-11-18-31(34)25-37(40)44/h5-12,14-21,28,32,36-37,40,44H,4,13,22-27H2,1-3H3,(H,42,45)/t32?,36-,37?,40?/m0/s1. The smallest absolute Gasteiger partial charge is 0.407 e. The van der Waals surface area contributed by atoms with Gasteiger partial charge in [-0.05, 0) is 63.8 Å². The molecule has 1 fully saturated rings. The van der Waals surface area contributed by atoms with Crippen LogP contribution in [-0.4, -0.2) is 55.9 Å². The topological polar surface area (TPSA) is 105 Å². The molecule has 1 aliphatic carbocycles. The average Bonchev–Trinajstić information content (AvgIpc) is 3.74. The van der Waals surface area contributed by atoms with Crippen molar-refractivity contribution in [3.63, 3.8) is 0 Å². The number of aliphatic hydroxyl groups is 1. The van der Waals surface area contributed by atoms with Crippen LogP contribution in [0.25, 0.3) is 11.1 Å². The number of hydrogen-bond acceptors (Lipinski definition) is 6. The van der Waals surface area contributed by atoms with Crippen molar-refractivity contribution in [3.05, 3.63) is 125 Å². The zero-order valence-corrected chi connectivity index (χ0v) is 29.9. The molecule has 0 bridgehead atoms. The molecule has 1 amide bonds. The lowest BCUT2D eigenvalue weighted by atomic mass is 9.86. The van der Waals surface area contributed by atoms with Crippen LogP contribution in [0.5, 0.6) is 0 Å². The van der Waals surface area contributed by atoms with Crippen molar-refractivity contribution >= 4 is 16.1 Å². The monoisotopic (exact) mass is 696 g/mol. The van der Waals surface area contributed by atoms with Crippen molar-refractivity contribution in [3.8, 4) is 11.1 Å². The Hall–Kier alpha value is -4.02. The second-order valence-corrected chi connectivity index (χ2v) is 15.7. The zero-order valence-electron chi connectivity index (χ0n) is 29.1. The highest BCUT2D eigenvalue weighted by molar-refractivity contribution is 7.89. The summed E-state index contributed by atoms with van der Waals surface area (Å²) < 4.78 is 43.4. The van der Waals surface area contributed by atoms with Gasteiger partial charge in [-0.3, -0.25) is 0 Å². The predicted molar refractivity (Wildman–Crippen MR) is 195 cm³/mol. The molecule has 0 radical (unpaired) electrons. The lowest BCUT2D eigenvalue weighted by Gasteiger charge is -2.34. The van der Waals surface area contributed by atoms with Crippen LogP contribution < -0.4 is 5.32 Å². The number of sulfonamides is 1. The van der Waals surface area contributed by atoms with Crippen molar-refractivity contribution in [2.75, 3.05) is 19.8 Å². The number of nitrogens with zero attached hydrogens (tertiary/aromatic N) is 1. The van der Waals surface area contributed by atoms with Crippen LogP contribution in [0.2, 0.25) is 0 Å². The summed E-state index contributed by atoms with van der Waals surface area (Å²) in [5.41, 5.74) is 5.86. The number of ether oxygens (including phenoxy) is 2. The van der Waals surface area contributed by atoms with E-state index in [4.69, 9.17) is 9.47 Å². The van der Waals surface area contributed by atoms with Crippen LogP contribution in [0.1, 0.15) is 79.9 Å². The summed E-state index contributed by atoms with van der Waals surface area (Å²) in [6.45, 7) is 7.16. The summed E-state index contributed by atoms with van der Waals surface area (Å²) >= 11 is 0. The fraction of sp³-hybridized carbons (Fsp3) is 0.390. The Morgan fingerprint density at radius 3 is 2.36 bits per heavy atom.